The molecule has 3 amide bonds. The van der Waals surface area contributed by atoms with Crippen molar-refractivity contribution in [3.05, 3.63) is 59.8 Å². The molecule has 1 saturated heterocycles. The first kappa shape index (κ1) is 25.8. The van der Waals surface area contributed by atoms with Gasteiger partial charge < -0.3 is 15.5 Å². The summed E-state index contributed by atoms with van der Waals surface area (Å²) in [5.41, 5.74) is 3.97. The molecule has 206 valence electrons. The number of nitrogens with one attached hydrogen (secondary N) is 2. The number of fused-ring (bicyclic) bond motifs is 1. The number of benzene rings is 1. The van der Waals surface area contributed by atoms with Gasteiger partial charge in [0.2, 0.25) is 11.9 Å². The van der Waals surface area contributed by atoms with Crippen LogP contribution >= 0.6 is 0 Å². The quantitative estimate of drug-likeness (QED) is 0.472. The molecule has 0 unspecified atom stereocenters. The number of rotatable bonds is 9. The maximum Gasteiger partial charge on any atom is 0.323 e. The zero-order valence-electron chi connectivity index (χ0n) is 23.0. The highest BCUT2D eigenvalue weighted by Gasteiger charge is 2.57. The van der Waals surface area contributed by atoms with Gasteiger partial charge in [0.15, 0.2) is 0 Å². The van der Waals surface area contributed by atoms with Crippen LogP contribution in [0.1, 0.15) is 68.3 Å². The molecule has 9 heteroatoms. The third-order valence-electron chi connectivity index (χ3n) is 9.29. The molecule has 3 aliphatic carbocycles. The zero-order chi connectivity index (χ0) is 27.1. The number of hydrogen-bond acceptors (Lipinski definition) is 6. The minimum absolute atomic E-state index is 0.00844. The van der Waals surface area contributed by atoms with E-state index in [-0.39, 0.29) is 18.0 Å². The molecular formula is C30H39N7O2. The van der Waals surface area contributed by atoms with Gasteiger partial charge in [-0.1, -0.05) is 30.8 Å². The van der Waals surface area contributed by atoms with E-state index in [0.29, 0.717) is 36.3 Å². The summed E-state index contributed by atoms with van der Waals surface area (Å²) in [6, 6.07) is 9.24. The van der Waals surface area contributed by atoms with Gasteiger partial charge in [-0.3, -0.25) is 14.6 Å². The van der Waals surface area contributed by atoms with Crippen LogP contribution in [-0.4, -0.2) is 64.4 Å². The van der Waals surface area contributed by atoms with Crippen LogP contribution in [0.15, 0.2) is 43.1 Å². The topological polar surface area (TPSA) is 93.7 Å². The fourth-order valence-corrected chi connectivity index (χ4v) is 6.92. The van der Waals surface area contributed by atoms with E-state index < -0.39 is 0 Å². The van der Waals surface area contributed by atoms with E-state index in [1.807, 2.05) is 11.8 Å². The number of nitrogens with zero attached hydrogens (tertiary/aromatic N) is 5. The molecule has 2 N–H and O–H groups in total. The Bertz CT molecular complexity index is 1240. The van der Waals surface area contributed by atoms with Gasteiger partial charge >= 0.3 is 6.03 Å². The molecule has 2 aromatic rings. The number of aromatic nitrogens is 2. The SMILES string of the molecule is C=CC(=O)N1CCN([C@H](CC23CC(C2)C3)c2ccc([C@H](C)Nc3ncc4c(n3)N(CC)C(=O)NC4)cc2)CC1. The van der Waals surface area contributed by atoms with Crippen molar-refractivity contribution in [2.45, 2.75) is 58.2 Å². The van der Waals surface area contributed by atoms with Gasteiger partial charge in [0.05, 0.1) is 6.04 Å². The van der Waals surface area contributed by atoms with Gasteiger partial charge in [0.25, 0.3) is 0 Å². The fourth-order valence-electron chi connectivity index (χ4n) is 6.92. The second-order valence-corrected chi connectivity index (χ2v) is 11.7. The number of amides is 3. The average molecular weight is 530 g/mol. The molecule has 0 spiro atoms. The lowest BCUT2D eigenvalue weighted by Crippen LogP contribution is -2.55. The molecule has 3 saturated carbocycles. The van der Waals surface area contributed by atoms with Crippen molar-refractivity contribution in [3.63, 3.8) is 0 Å². The number of anilines is 2. The van der Waals surface area contributed by atoms with Crippen LogP contribution in [0.5, 0.6) is 0 Å². The molecule has 4 fully saturated rings. The van der Waals surface area contributed by atoms with Gasteiger partial charge in [-0.2, -0.15) is 4.98 Å². The highest BCUT2D eigenvalue weighted by atomic mass is 16.2. The standard InChI is InChI=1S/C30H39N7O2/c1-4-26(38)36-12-10-35(11-13-36)25(17-30-14-21(15-30)16-30)23-8-6-22(7-9-23)20(3)33-28-31-18-24-19-32-29(39)37(5-2)27(24)34-28/h4,6-9,18,20-21,25H,1,5,10-17,19H2,2-3H3,(H,32,39)(H,31,33,34)/t20-,21?,25+,30?/m0/s1. The number of urea groups is 1. The van der Waals surface area contributed by atoms with Crippen LogP contribution < -0.4 is 15.5 Å². The lowest BCUT2D eigenvalue weighted by atomic mass is 9.42. The maximum absolute atomic E-state index is 12.2. The fraction of sp³-hybridized carbons (Fsp3) is 0.533. The largest absolute Gasteiger partial charge is 0.348 e. The minimum Gasteiger partial charge on any atom is -0.348 e. The first-order chi connectivity index (χ1) is 18.9. The van der Waals surface area contributed by atoms with Crippen molar-refractivity contribution in [1.82, 2.24) is 25.1 Å². The molecule has 7 rings (SSSR count). The van der Waals surface area contributed by atoms with Crippen molar-refractivity contribution in [1.29, 1.82) is 0 Å². The van der Waals surface area contributed by atoms with Gasteiger partial charge in [0.1, 0.15) is 5.82 Å². The lowest BCUT2D eigenvalue weighted by molar-refractivity contribution is -0.134. The summed E-state index contributed by atoms with van der Waals surface area (Å²) in [4.78, 5) is 39.6. The normalized spacial score (nSPS) is 25.5. The lowest BCUT2D eigenvalue weighted by Gasteiger charge is -2.64. The molecule has 9 nitrogen and oxygen atoms in total. The zero-order valence-corrected chi connectivity index (χ0v) is 23.0. The summed E-state index contributed by atoms with van der Waals surface area (Å²) < 4.78 is 0. The number of carbonyl (C=O) groups excluding carboxylic acids is 2. The molecule has 2 aliphatic heterocycles. The van der Waals surface area contributed by atoms with E-state index >= 15 is 0 Å². The van der Waals surface area contributed by atoms with Crippen molar-refractivity contribution in [2.75, 3.05) is 42.9 Å². The van der Waals surface area contributed by atoms with Crippen LogP contribution in [0.4, 0.5) is 16.6 Å². The molecule has 3 heterocycles. The van der Waals surface area contributed by atoms with E-state index in [9.17, 15) is 9.59 Å². The molecule has 0 radical (unpaired) electrons. The van der Waals surface area contributed by atoms with Crippen molar-refractivity contribution < 1.29 is 9.59 Å². The molecule has 1 aromatic heterocycles. The number of carbonyl (C=O) groups is 2. The Morgan fingerprint density at radius 2 is 1.87 bits per heavy atom. The summed E-state index contributed by atoms with van der Waals surface area (Å²) in [7, 11) is 0. The van der Waals surface area contributed by atoms with Crippen LogP contribution in [0.2, 0.25) is 0 Å². The summed E-state index contributed by atoms with van der Waals surface area (Å²) in [6.07, 6.45) is 8.58. The van der Waals surface area contributed by atoms with Crippen LogP contribution in [-0.2, 0) is 11.3 Å². The Balaban J connectivity index is 1.15. The Kier molecular flexibility index (Phi) is 6.79. The van der Waals surface area contributed by atoms with Crippen molar-refractivity contribution in [2.24, 2.45) is 11.3 Å². The van der Waals surface area contributed by atoms with E-state index in [1.165, 1.54) is 37.3 Å². The molecule has 39 heavy (non-hydrogen) atoms. The highest BCUT2D eigenvalue weighted by Crippen LogP contribution is 2.68. The number of piperazine rings is 1. The first-order valence-corrected chi connectivity index (χ1v) is 14.3. The van der Waals surface area contributed by atoms with E-state index in [2.05, 4.69) is 63.3 Å². The summed E-state index contributed by atoms with van der Waals surface area (Å²) in [5.74, 6) is 2.19. The Hall–Kier alpha value is -3.46. The highest BCUT2D eigenvalue weighted by molar-refractivity contribution is 5.93. The second-order valence-electron chi connectivity index (χ2n) is 11.7. The summed E-state index contributed by atoms with van der Waals surface area (Å²) in [5, 5.41) is 6.29. The summed E-state index contributed by atoms with van der Waals surface area (Å²) >= 11 is 0. The van der Waals surface area contributed by atoms with E-state index in [0.717, 1.165) is 43.2 Å². The van der Waals surface area contributed by atoms with Gasteiger partial charge in [0, 0.05) is 57.1 Å². The predicted molar refractivity (Wildman–Crippen MR) is 151 cm³/mol. The van der Waals surface area contributed by atoms with Gasteiger partial charge in [-0.05, 0) is 68.1 Å². The van der Waals surface area contributed by atoms with Crippen molar-refractivity contribution in [3.8, 4) is 0 Å². The maximum atomic E-state index is 12.2. The van der Waals surface area contributed by atoms with Gasteiger partial charge in [-0.15, -0.1) is 0 Å². The average Bonchev–Trinajstić information content (AvgIpc) is 2.91. The number of hydrogen-bond donors (Lipinski definition) is 2. The first-order valence-electron chi connectivity index (χ1n) is 14.3. The molecular weight excluding hydrogens is 490 g/mol. The molecule has 2 bridgehead atoms. The molecule has 1 aromatic carbocycles. The molecule has 2 atom stereocenters. The van der Waals surface area contributed by atoms with Gasteiger partial charge in [-0.25, -0.2) is 9.78 Å². The van der Waals surface area contributed by atoms with E-state index in [4.69, 9.17) is 0 Å². The summed E-state index contributed by atoms with van der Waals surface area (Å²) in [6.45, 7) is 12.0. The van der Waals surface area contributed by atoms with Crippen LogP contribution in [0.3, 0.4) is 0 Å². The monoisotopic (exact) mass is 529 g/mol. The predicted octanol–water partition coefficient (Wildman–Crippen LogP) is 4.26. The third-order valence-corrected chi connectivity index (χ3v) is 9.29. The Morgan fingerprint density at radius 1 is 1.18 bits per heavy atom. The third kappa shape index (κ3) is 4.88. The molecule has 5 aliphatic rings. The van der Waals surface area contributed by atoms with Crippen LogP contribution in [0.25, 0.3) is 0 Å². The Morgan fingerprint density at radius 3 is 2.49 bits per heavy atom. The van der Waals surface area contributed by atoms with Crippen LogP contribution in [0, 0.1) is 11.3 Å². The Labute approximate surface area is 230 Å². The van der Waals surface area contributed by atoms with Crippen molar-refractivity contribution >= 4 is 23.7 Å². The minimum atomic E-state index is -0.125. The smallest absolute Gasteiger partial charge is 0.323 e. The van der Waals surface area contributed by atoms with E-state index in [1.54, 1.807) is 11.1 Å². The second kappa shape index (κ2) is 10.3.